The molecule has 2 rings (SSSR count). The number of hydrogen-bond acceptors (Lipinski definition) is 3. The summed E-state index contributed by atoms with van der Waals surface area (Å²) < 4.78 is 5.88. The van der Waals surface area contributed by atoms with Gasteiger partial charge in [0.15, 0.2) is 0 Å². The molecule has 0 saturated carbocycles. The van der Waals surface area contributed by atoms with Gasteiger partial charge < -0.3 is 10.1 Å². The highest BCUT2D eigenvalue weighted by atomic mass is 16.5. The molecule has 1 aromatic heterocycles. The van der Waals surface area contributed by atoms with E-state index >= 15 is 0 Å². The fourth-order valence-corrected chi connectivity index (χ4v) is 1.88. The molecule has 0 saturated heterocycles. The van der Waals surface area contributed by atoms with Gasteiger partial charge in [0.25, 0.3) is 0 Å². The van der Waals surface area contributed by atoms with E-state index in [0.717, 1.165) is 35.7 Å². The minimum atomic E-state index is 0.757. The first-order valence-corrected chi connectivity index (χ1v) is 6.63. The molecule has 0 unspecified atom stereocenters. The van der Waals surface area contributed by atoms with E-state index in [4.69, 9.17) is 4.74 Å². The van der Waals surface area contributed by atoms with E-state index in [1.54, 1.807) is 6.20 Å². The van der Waals surface area contributed by atoms with E-state index in [9.17, 15) is 0 Å². The molecule has 0 fully saturated rings. The molecule has 0 spiro atoms. The van der Waals surface area contributed by atoms with E-state index in [1.165, 1.54) is 5.56 Å². The van der Waals surface area contributed by atoms with Crippen molar-refractivity contribution in [1.29, 1.82) is 0 Å². The Hall–Kier alpha value is -2.03. The van der Waals surface area contributed by atoms with Crippen LogP contribution < -0.4 is 10.1 Å². The van der Waals surface area contributed by atoms with Crippen LogP contribution in [0.2, 0.25) is 0 Å². The van der Waals surface area contributed by atoms with Gasteiger partial charge in [0.2, 0.25) is 0 Å². The second-order valence-corrected chi connectivity index (χ2v) is 4.71. The summed E-state index contributed by atoms with van der Waals surface area (Å²) in [5.74, 6) is 1.63. The van der Waals surface area contributed by atoms with Crippen molar-refractivity contribution in [2.45, 2.75) is 27.2 Å². The zero-order valence-electron chi connectivity index (χ0n) is 11.7. The molecule has 1 N–H and O–H groups in total. The Bertz CT molecular complexity index is 552. The van der Waals surface area contributed by atoms with E-state index in [2.05, 4.69) is 43.2 Å². The van der Waals surface area contributed by atoms with E-state index in [-0.39, 0.29) is 0 Å². The van der Waals surface area contributed by atoms with Crippen molar-refractivity contribution < 1.29 is 4.74 Å². The van der Waals surface area contributed by atoms with Crippen LogP contribution in [-0.2, 0) is 0 Å². The average Bonchev–Trinajstić information content (AvgIpc) is 2.40. The van der Waals surface area contributed by atoms with Crippen molar-refractivity contribution in [3.8, 4) is 11.5 Å². The molecule has 0 radical (unpaired) electrons. The summed E-state index contributed by atoms with van der Waals surface area (Å²) in [6.07, 6.45) is 4.63. The highest BCUT2D eigenvalue weighted by molar-refractivity contribution is 5.47. The molecular weight excluding hydrogens is 236 g/mol. The van der Waals surface area contributed by atoms with Gasteiger partial charge in [-0.15, -0.1) is 0 Å². The van der Waals surface area contributed by atoms with Crippen molar-refractivity contribution in [3.63, 3.8) is 0 Å². The second-order valence-electron chi connectivity index (χ2n) is 4.71. The number of aryl methyl sites for hydroxylation is 2. The van der Waals surface area contributed by atoms with E-state index in [0.29, 0.717) is 0 Å². The van der Waals surface area contributed by atoms with Crippen LogP contribution in [0.1, 0.15) is 24.5 Å². The SMILES string of the molecule is CCCNc1cncc(Oc2ccc(C)cc2C)c1. The summed E-state index contributed by atoms with van der Waals surface area (Å²) in [5.41, 5.74) is 3.36. The molecule has 1 aromatic carbocycles. The van der Waals surface area contributed by atoms with Crippen molar-refractivity contribution in [3.05, 3.63) is 47.8 Å². The van der Waals surface area contributed by atoms with Gasteiger partial charge in [-0.1, -0.05) is 24.6 Å². The number of aromatic nitrogens is 1. The minimum Gasteiger partial charge on any atom is -0.455 e. The van der Waals surface area contributed by atoms with Crippen LogP contribution in [0.5, 0.6) is 11.5 Å². The number of rotatable bonds is 5. The topological polar surface area (TPSA) is 34.2 Å². The second kappa shape index (κ2) is 6.23. The van der Waals surface area contributed by atoms with Gasteiger partial charge in [0.05, 0.1) is 18.1 Å². The van der Waals surface area contributed by atoms with Crippen LogP contribution in [0.4, 0.5) is 5.69 Å². The Kier molecular flexibility index (Phi) is 4.39. The molecule has 0 aliphatic rings. The lowest BCUT2D eigenvalue weighted by molar-refractivity contribution is 0.476. The summed E-state index contributed by atoms with van der Waals surface area (Å²) in [4.78, 5) is 4.19. The van der Waals surface area contributed by atoms with Crippen LogP contribution in [0.15, 0.2) is 36.7 Å². The van der Waals surface area contributed by atoms with Crippen molar-refractivity contribution in [2.75, 3.05) is 11.9 Å². The lowest BCUT2D eigenvalue weighted by Gasteiger charge is -2.10. The molecular formula is C16H20N2O. The maximum atomic E-state index is 5.88. The zero-order valence-corrected chi connectivity index (χ0v) is 11.7. The van der Waals surface area contributed by atoms with Crippen LogP contribution in [0, 0.1) is 13.8 Å². The molecule has 3 nitrogen and oxygen atoms in total. The number of ether oxygens (including phenoxy) is 1. The molecule has 0 aliphatic carbocycles. The first-order valence-electron chi connectivity index (χ1n) is 6.63. The normalized spacial score (nSPS) is 10.3. The van der Waals surface area contributed by atoms with Gasteiger partial charge in [0, 0.05) is 12.6 Å². The Labute approximate surface area is 114 Å². The first-order chi connectivity index (χ1) is 9.19. The third-order valence-corrected chi connectivity index (χ3v) is 2.85. The number of pyridine rings is 1. The Morgan fingerprint density at radius 2 is 2.00 bits per heavy atom. The van der Waals surface area contributed by atoms with Gasteiger partial charge in [0.1, 0.15) is 11.5 Å². The lowest BCUT2D eigenvalue weighted by Crippen LogP contribution is -2.00. The maximum absolute atomic E-state index is 5.88. The van der Waals surface area contributed by atoms with E-state index in [1.807, 2.05) is 18.3 Å². The summed E-state index contributed by atoms with van der Waals surface area (Å²) in [6.45, 7) is 7.20. The van der Waals surface area contributed by atoms with E-state index < -0.39 is 0 Å². The number of benzene rings is 1. The number of nitrogens with one attached hydrogen (secondary N) is 1. The molecule has 3 heteroatoms. The molecule has 0 amide bonds. The fraction of sp³-hybridized carbons (Fsp3) is 0.312. The molecule has 2 aromatic rings. The van der Waals surface area contributed by atoms with Gasteiger partial charge in [-0.25, -0.2) is 0 Å². The van der Waals surface area contributed by atoms with Crippen molar-refractivity contribution >= 4 is 5.69 Å². The molecule has 19 heavy (non-hydrogen) atoms. The predicted molar refractivity (Wildman–Crippen MR) is 79.0 cm³/mol. The Balaban J connectivity index is 2.14. The monoisotopic (exact) mass is 256 g/mol. The molecule has 0 bridgehead atoms. The first kappa shape index (κ1) is 13.4. The maximum Gasteiger partial charge on any atom is 0.147 e. The molecule has 100 valence electrons. The number of hydrogen-bond donors (Lipinski definition) is 1. The summed E-state index contributed by atoms with van der Waals surface area (Å²) in [5, 5.41) is 3.30. The van der Waals surface area contributed by atoms with Crippen molar-refractivity contribution in [1.82, 2.24) is 4.98 Å². The standard InChI is InChI=1S/C16H20N2O/c1-4-7-18-14-9-15(11-17-10-14)19-16-6-5-12(2)8-13(16)3/h5-6,8-11,18H,4,7H2,1-3H3. The molecule has 0 aliphatic heterocycles. The van der Waals surface area contributed by atoms with Gasteiger partial charge in [-0.3, -0.25) is 4.98 Å². The average molecular weight is 256 g/mol. The quantitative estimate of drug-likeness (QED) is 0.865. The zero-order chi connectivity index (χ0) is 13.7. The number of nitrogens with zero attached hydrogens (tertiary/aromatic N) is 1. The van der Waals surface area contributed by atoms with Crippen LogP contribution in [0.25, 0.3) is 0 Å². The summed E-state index contributed by atoms with van der Waals surface area (Å²) >= 11 is 0. The Morgan fingerprint density at radius 1 is 1.16 bits per heavy atom. The third-order valence-electron chi connectivity index (χ3n) is 2.85. The smallest absolute Gasteiger partial charge is 0.147 e. The van der Waals surface area contributed by atoms with Crippen molar-refractivity contribution in [2.24, 2.45) is 0 Å². The highest BCUT2D eigenvalue weighted by Gasteiger charge is 2.03. The van der Waals surface area contributed by atoms with Gasteiger partial charge >= 0.3 is 0 Å². The highest BCUT2D eigenvalue weighted by Crippen LogP contribution is 2.26. The van der Waals surface area contributed by atoms with Crippen LogP contribution in [-0.4, -0.2) is 11.5 Å². The third kappa shape index (κ3) is 3.71. The fourth-order valence-electron chi connectivity index (χ4n) is 1.88. The molecule has 1 heterocycles. The van der Waals surface area contributed by atoms with Crippen LogP contribution >= 0.6 is 0 Å². The summed E-state index contributed by atoms with van der Waals surface area (Å²) in [6, 6.07) is 8.13. The molecule has 0 atom stereocenters. The van der Waals surface area contributed by atoms with Crippen LogP contribution in [0.3, 0.4) is 0 Å². The Morgan fingerprint density at radius 3 is 2.74 bits per heavy atom. The predicted octanol–water partition coefficient (Wildman–Crippen LogP) is 4.31. The minimum absolute atomic E-state index is 0.757. The number of anilines is 1. The van der Waals surface area contributed by atoms with Gasteiger partial charge in [-0.05, 0) is 31.9 Å². The lowest BCUT2D eigenvalue weighted by atomic mass is 10.1. The van der Waals surface area contributed by atoms with Gasteiger partial charge in [-0.2, -0.15) is 0 Å². The summed E-state index contributed by atoms with van der Waals surface area (Å²) in [7, 11) is 0. The largest absolute Gasteiger partial charge is 0.455 e.